The van der Waals surface area contributed by atoms with Crippen LogP contribution in [0.5, 0.6) is 0 Å². The van der Waals surface area contributed by atoms with Crippen molar-refractivity contribution in [2.24, 2.45) is 0 Å². The third kappa shape index (κ3) is 2.34. The number of aromatic amines is 2. The van der Waals surface area contributed by atoms with Gasteiger partial charge in [0.2, 0.25) is 5.91 Å². The van der Waals surface area contributed by atoms with E-state index in [2.05, 4.69) is 30.7 Å². The van der Waals surface area contributed by atoms with Crippen molar-refractivity contribution in [3.63, 3.8) is 0 Å². The summed E-state index contributed by atoms with van der Waals surface area (Å²) in [7, 11) is 0. The Morgan fingerprint density at radius 2 is 2.14 bits per heavy atom. The maximum absolute atomic E-state index is 12.2. The third-order valence-corrected chi connectivity index (χ3v) is 4.05. The van der Waals surface area contributed by atoms with E-state index in [1.54, 1.807) is 12.4 Å². The first-order valence-electron chi connectivity index (χ1n) is 7.43. The van der Waals surface area contributed by atoms with Crippen molar-refractivity contribution in [1.82, 2.24) is 25.4 Å². The highest BCUT2D eigenvalue weighted by Crippen LogP contribution is 2.22. The Balaban J connectivity index is 1.49. The second kappa shape index (κ2) is 5.25. The summed E-state index contributed by atoms with van der Waals surface area (Å²) < 4.78 is 0. The summed E-state index contributed by atoms with van der Waals surface area (Å²) in [6, 6.07) is 1.85. The van der Waals surface area contributed by atoms with Gasteiger partial charge in [0.1, 0.15) is 0 Å². The zero-order valence-corrected chi connectivity index (χ0v) is 12.0. The first-order valence-corrected chi connectivity index (χ1v) is 7.43. The van der Waals surface area contributed by atoms with Gasteiger partial charge in [0.25, 0.3) is 0 Å². The molecular formula is C15H16N6O. The van der Waals surface area contributed by atoms with Gasteiger partial charge in [-0.25, -0.2) is 4.98 Å². The molecule has 4 rings (SSSR count). The van der Waals surface area contributed by atoms with E-state index in [9.17, 15) is 4.79 Å². The van der Waals surface area contributed by atoms with Crippen LogP contribution in [0.2, 0.25) is 0 Å². The quantitative estimate of drug-likeness (QED) is 0.685. The Bertz CT molecular complexity index is 834. The minimum Gasteiger partial charge on any atom is -0.324 e. The highest BCUT2D eigenvalue weighted by atomic mass is 16.1. The van der Waals surface area contributed by atoms with Gasteiger partial charge in [-0.2, -0.15) is 10.2 Å². The number of carbonyl (C=O) groups is 1. The number of amides is 1. The molecule has 3 heterocycles. The third-order valence-electron chi connectivity index (χ3n) is 4.05. The van der Waals surface area contributed by atoms with E-state index in [1.165, 1.54) is 24.1 Å². The lowest BCUT2D eigenvalue weighted by Gasteiger charge is -2.11. The first-order chi connectivity index (χ1) is 10.8. The Morgan fingerprint density at radius 3 is 3.09 bits per heavy atom. The van der Waals surface area contributed by atoms with Crippen molar-refractivity contribution in [2.75, 3.05) is 5.32 Å². The zero-order chi connectivity index (χ0) is 14.9. The number of aryl methyl sites for hydroxylation is 1. The molecule has 112 valence electrons. The van der Waals surface area contributed by atoms with Gasteiger partial charge in [-0.1, -0.05) is 0 Å². The van der Waals surface area contributed by atoms with Crippen LogP contribution in [-0.2, 0) is 24.1 Å². The van der Waals surface area contributed by atoms with Crippen molar-refractivity contribution < 1.29 is 4.79 Å². The standard InChI is InChI=1S/C15H16N6O/c22-14(6-13-11-3-1-2-4-12(11)19-20-13)18-10-5-9-7-17-21-15(9)16-8-10/h5,7-8H,1-4,6H2,(H,18,22)(H,19,20)(H,16,17,21). The zero-order valence-electron chi connectivity index (χ0n) is 12.0. The number of nitrogens with one attached hydrogen (secondary N) is 3. The van der Waals surface area contributed by atoms with Crippen molar-refractivity contribution in [3.8, 4) is 0 Å². The van der Waals surface area contributed by atoms with Crippen LogP contribution in [0, 0.1) is 0 Å². The molecule has 1 amide bonds. The van der Waals surface area contributed by atoms with Crippen LogP contribution < -0.4 is 5.32 Å². The van der Waals surface area contributed by atoms with Gasteiger partial charge in [0.05, 0.1) is 30.2 Å². The number of hydrogen-bond acceptors (Lipinski definition) is 4. The maximum atomic E-state index is 12.2. The van der Waals surface area contributed by atoms with Gasteiger partial charge < -0.3 is 5.32 Å². The Morgan fingerprint density at radius 1 is 1.23 bits per heavy atom. The summed E-state index contributed by atoms with van der Waals surface area (Å²) in [5.74, 6) is -0.0791. The lowest BCUT2D eigenvalue weighted by Crippen LogP contribution is -2.16. The fourth-order valence-electron chi connectivity index (χ4n) is 2.96. The minimum absolute atomic E-state index is 0.0791. The number of pyridine rings is 1. The molecule has 0 atom stereocenters. The fourth-order valence-corrected chi connectivity index (χ4v) is 2.96. The summed E-state index contributed by atoms with van der Waals surface area (Å²) in [6.45, 7) is 0. The van der Waals surface area contributed by atoms with E-state index >= 15 is 0 Å². The second-order valence-electron chi connectivity index (χ2n) is 5.59. The van der Waals surface area contributed by atoms with Crippen molar-refractivity contribution >= 4 is 22.6 Å². The molecule has 0 aromatic carbocycles. The molecule has 0 saturated carbocycles. The van der Waals surface area contributed by atoms with Gasteiger partial charge >= 0.3 is 0 Å². The Hall–Kier alpha value is -2.70. The largest absolute Gasteiger partial charge is 0.324 e. The van der Waals surface area contributed by atoms with Crippen LogP contribution >= 0.6 is 0 Å². The summed E-state index contributed by atoms with van der Waals surface area (Å²) >= 11 is 0. The number of rotatable bonds is 3. The Labute approximate surface area is 126 Å². The summed E-state index contributed by atoms with van der Waals surface area (Å²) in [5, 5.41) is 17.8. The van der Waals surface area contributed by atoms with Crippen LogP contribution in [0.1, 0.15) is 29.8 Å². The molecule has 3 N–H and O–H groups in total. The lowest BCUT2D eigenvalue weighted by molar-refractivity contribution is -0.115. The molecule has 0 fully saturated rings. The lowest BCUT2D eigenvalue weighted by atomic mass is 9.95. The molecule has 7 nitrogen and oxygen atoms in total. The number of carbonyl (C=O) groups excluding carboxylic acids is 1. The van der Waals surface area contributed by atoms with E-state index in [-0.39, 0.29) is 12.3 Å². The number of hydrogen-bond donors (Lipinski definition) is 3. The first kappa shape index (κ1) is 13.0. The van der Waals surface area contributed by atoms with Crippen LogP contribution in [0.4, 0.5) is 5.69 Å². The van der Waals surface area contributed by atoms with Gasteiger partial charge in [-0.05, 0) is 37.3 Å². The SMILES string of the molecule is O=C(Cc1n[nH]c2c1CCCC2)Nc1cnc2[nH]ncc2c1. The van der Waals surface area contributed by atoms with E-state index in [0.717, 1.165) is 23.9 Å². The normalized spacial score (nSPS) is 14.0. The van der Waals surface area contributed by atoms with E-state index < -0.39 is 0 Å². The van der Waals surface area contributed by atoms with Crippen LogP contribution in [0.3, 0.4) is 0 Å². The fraction of sp³-hybridized carbons (Fsp3) is 0.333. The molecule has 3 aromatic rings. The van der Waals surface area contributed by atoms with E-state index in [1.807, 2.05) is 6.07 Å². The molecule has 0 saturated heterocycles. The summed E-state index contributed by atoms with van der Waals surface area (Å²) in [5.41, 5.74) is 4.66. The molecule has 0 spiro atoms. The molecule has 3 aromatic heterocycles. The summed E-state index contributed by atoms with van der Waals surface area (Å²) in [4.78, 5) is 16.4. The molecule has 22 heavy (non-hydrogen) atoms. The average Bonchev–Trinajstić information content (AvgIpc) is 3.14. The van der Waals surface area contributed by atoms with Crippen LogP contribution in [-0.4, -0.2) is 31.3 Å². The molecule has 0 unspecified atom stereocenters. The minimum atomic E-state index is -0.0791. The number of aromatic nitrogens is 5. The molecule has 1 aliphatic rings. The highest BCUT2D eigenvalue weighted by molar-refractivity contribution is 5.93. The molecule has 0 radical (unpaired) electrons. The molecule has 0 aliphatic heterocycles. The number of nitrogens with zero attached hydrogens (tertiary/aromatic N) is 3. The maximum Gasteiger partial charge on any atom is 0.230 e. The monoisotopic (exact) mass is 296 g/mol. The van der Waals surface area contributed by atoms with Gasteiger partial charge in [0, 0.05) is 11.1 Å². The molecule has 1 aliphatic carbocycles. The van der Waals surface area contributed by atoms with Crippen molar-refractivity contribution in [1.29, 1.82) is 0 Å². The predicted molar refractivity (Wildman–Crippen MR) is 81.5 cm³/mol. The number of fused-ring (bicyclic) bond motifs is 2. The van der Waals surface area contributed by atoms with Crippen LogP contribution in [0.15, 0.2) is 18.5 Å². The van der Waals surface area contributed by atoms with Crippen molar-refractivity contribution in [3.05, 3.63) is 35.4 Å². The topological polar surface area (TPSA) is 99.4 Å². The van der Waals surface area contributed by atoms with E-state index in [4.69, 9.17) is 0 Å². The highest BCUT2D eigenvalue weighted by Gasteiger charge is 2.18. The molecular weight excluding hydrogens is 280 g/mol. The molecule has 0 bridgehead atoms. The van der Waals surface area contributed by atoms with E-state index in [0.29, 0.717) is 11.3 Å². The predicted octanol–water partition coefficient (Wildman–Crippen LogP) is 1.74. The molecule has 7 heteroatoms. The van der Waals surface area contributed by atoms with Gasteiger partial charge in [-0.15, -0.1) is 0 Å². The van der Waals surface area contributed by atoms with Crippen molar-refractivity contribution in [2.45, 2.75) is 32.1 Å². The number of anilines is 1. The summed E-state index contributed by atoms with van der Waals surface area (Å²) in [6.07, 6.45) is 8.00. The van der Waals surface area contributed by atoms with Crippen LogP contribution in [0.25, 0.3) is 11.0 Å². The number of H-pyrrole nitrogens is 2. The second-order valence-corrected chi connectivity index (χ2v) is 5.59. The average molecular weight is 296 g/mol. The Kier molecular flexibility index (Phi) is 3.10. The van der Waals surface area contributed by atoms with Gasteiger partial charge in [-0.3, -0.25) is 15.0 Å². The van der Waals surface area contributed by atoms with Gasteiger partial charge in [0.15, 0.2) is 5.65 Å². The smallest absolute Gasteiger partial charge is 0.230 e.